The molecule has 1 heterocycles. The Kier molecular flexibility index (Phi) is 3.24. The molecular weight excluding hydrogens is 224 g/mol. The molecule has 2 rings (SSSR count). The Balaban J connectivity index is 2.70. The number of nitrogens with one attached hydrogen (secondary N) is 1. The quantitative estimate of drug-likeness (QED) is 0.850. The molecule has 0 saturated heterocycles. The predicted molar refractivity (Wildman–Crippen MR) is 72.0 cm³/mol. The van der Waals surface area contributed by atoms with Crippen LogP contribution in [0.4, 0.5) is 0 Å². The van der Waals surface area contributed by atoms with Crippen molar-refractivity contribution in [1.29, 1.82) is 0 Å². The molecule has 1 aromatic heterocycles. The number of nitrogens with two attached hydrogens (primary N) is 1. The minimum atomic E-state index is -0.777. The molecule has 3 nitrogen and oxygen atoms in total. The maximum atomic E-state index is 12.2. The standard InChI is InChI=1S/C15H18N2O/c1-11(2)15(14(16)18,13-8-9-17-10-13)12-6-4-3-5-7-12/h3-11,17H,1-2H3,(H2,16,18). The van der Waals surface area contributed by atoms with Crippen LogP contribution in [0.5, 0.6) is 0 Å². The smallest absolute Gasteiger partial charge is 0.232 e. The zero-order valence-electron chi connectivity index (χ0n) is 10.7. The van der Waals surface area contributed by atoms with Crippen molar-refractivity contribution < 1.29 is 4.79 Å². The lowest BCUT2D eigenvalue weighted by Crippen LogP contribution is -2.46. The molecule has 1 unspecified atom stereocenters. The average molecular weight is 242 g/mol. The van der Waals surface area contributed by atoms with Crippen molar-refractivity contribution in [1.82, 2.24) is 4.98 Å². The van der Waals surface area contributed by atoms with Crippen molar-refractivity contribution in [3.05, 3.63) is 59.9 Å². The molecule has 0 bridgehead atoms. The van der Waals surface area contributed by atoms with Crippen LogP contribution < -0.4 is 5.73 Å². The highest BCUT2D eigenvalue weighted by Gasteiger charge is 2.43. The van der Waals surface area contributed by atoms with Crippen LogP contribution in [0.15, 0.2) is 48.8 Å². The second kappa shape index (κ2) is 4.69. The predicted octanol–water partition coefficient (Wildman–Crippen LogP) is 2.44. The third kappa shape index (κ3) is 1.72. The van der Waals surface area contributed by atoms with Crippen LogP contribution in [0.1, 0.15) is 25.0 Å². The van der Waals surface area contributed by atoms with Crippen LogP contribution in [0.25, 0.3) is 0 Å². The van der Waals surface area contributed by atoms with Gasteiger partial charge in [-0.25, -0.2) is 0 Å². The van der Waals surface area contributed by atoms with E-state index < -0.39 is 5.41 Å². The number of rotatable bonds is 4. The molecule has 0 aliphatic rings. The molecule has 94 valence electrons. The number of aromatic amines is 1. The number of benzene rings is 1. The lowest BCUT2D eigenvalue weighted by atomic mass is 9.67. The number of H-pyrrole nitrogens is 1. The Morgan fingerprint density at radius 2 is 1.83 bits per heavy atom. The van der Waals surface area contributed by atoms with Crippen molar-refractivity contribution in [2.75, 3.05) is 0 Å². The van der Waals surface area contributed by atoms with Crippen molar-refractivity contribution in [3.8, 4) is 0 Å². The molecule has 1 atom stereocenters. The van der Waals surface area contributed by atoms with Gasteiger partial charge in [-0.1, -0.05) is 44.2 Å². The van der Waals surface area contributed by atoms with Gasteiger partial charge in [-0.15, -0.1) is 0 Å². The highest BCUT2D eigenvalue weighted by Crippen LogP contribution is 2.38. The summed E-state index contributed by atoms with van der Waals surface area (Å²) < 4.78 is 0. The molecule has 3 N–H and O–H groups in total. The maximum absolute atomic E-state index is 12.2. The Labute approximate surface area is 107 Å². The van der Waals surface area contributed by atoms with Gasteiger partial charge in [0, 0.05) is 12.4 Å². The van der Waals surface area contributed by atoms with Crippen LogP contribution in [-0.4, -0.2) is 10.9 Å². The largest absolute Gasteiger partial charge is 0.369 e. The van der Waals surface area contributed by atoms with Gasteiger partial charge in [0.05, 0.1) is 0 Å². The second-order valence-corrected chi connectivity index (χ2v) is 4.79. The number of primary amides is 1. The second-order valence-electron chi connectivity index (χ2n) is 4.79. The van der Waals surface area contributed by atoms with Gasteiger partial charge in [0.1, 0.15) is 5.41 Å². The summed E-state index contributed by atoms with van der Waals surface area (Å²) in [5, 5.41) is 0. The van der Waals surface area contributed by atoms with E-state index in [1.165, 1.54) is 0 Å². The fourth-order valence-electron chi connectivity index (χ4n) is 2.67. The zero-order valence-corrected chi connectivity index (χ0v) is 10.7. The van der Waals surface area contributed by atoms with Gasteiger partial charge in [-0.2, -0.15) is 0 Å². The molecule has 0 spiro atoms. The van der Waals surface area contributed by atoms with E-state index in [4.69, 9.17) is 5.73 Å². The van der Waals surface area contributed by atoms with Crippen LogP contribution >= 0.6 is 0 Å². The maximum Gasteiger partial charge on any atom is 0.232 e. The number of aromatic nitrogens is 1. The Hall–Kier alpha value is -2.03. The van der Waals surface area contributed by atoms with Gasteiger partial charge in [0.25, 0.3) is 0 Å². The summed E-state index contributed by atoms with van der Waals surface area (Å²) in [6.45, 7) is 4.04. The number of hydrogen-bond donors (Lipinski definition) is 2. The summed E-state index contributed by atoms with van der Waals surface area (Å²) in [6.07, 6.45) is 3.66. The minimum absolute atomic E-state index is 0.0770. The molecule has 3 heteroatoms. The summed E-state index contributed by atoms with van der Waals surface area (Å²) in [5.74, 6) is -0.239. The molecule has 1 amide bonds. The normalized spacial score (nSPS) is 14.4. The number of amides is 1. The fraction of sp³-hybridized carbons (Fsp3) is 0.267. The van der Waals surface area contributed by atoms with Crippen LogP contribution in [0, 0.1) is 5.92 Å². The van der Waals surface area contributed by atoms with Gasteiger partial charge in [0.15, 0.2) is 0 Å². The number of carbonyl (C=O) groups excluding carboxylic acids is 1. The van der Waals surface area contributed by atoms with Gasteiger partial charge >= 0.3 is 0 Å². The monoisotopic (exact) mass is 242 g/mol. The summed E-state index contributed by atoms with van der Waals surface area (Å²) >= 11 is 0. The first-order chi connectivity index (χ1) is 8.60. The average Bonchev–Trinajstić information content (AvgIpc) is 2.84. The molecule has 18 heavy (non-hydrogen) atoms. The summed E-state index contributed by atoms with van der Waals surface area (Å²) in [4.78, 5) is 15.2. The van der Waals surface area contributed by atoms with Crippen molar-refractivity contribution >= 4 is 5.91 Å². The van der Waals surface area contributed by atoms with Gasteiger partial charge in [-0.05, 0) is 23.1 Å². The van der Waals surface area contributed by atoms with E-state index in [0.717, 1.165) is 11.1 Å². The van der Waals surface area contributed by atoms with E-state index in [1.807, 2.05) is 62.6 Å². The van der Waals surface area contributed by atoms with Crippen molar-refractivity contribution in [3.63, 3.8) is 0 Å². The van der Waals surface area contributed by atoms with Gasteiger partial charge in [0.2, 0.25) is 5.91 Å². The fourth-order valence-corrected chi connectivity index (χ4v) is 2.67. The van der Waals surface area contributed by atoms with Gasteiger partial charge in [-0.3, -0.25) is 4.79 Å². The molecular formula is C15H18N2O. The molecule has 1 aromatic carbocycles. The third-order valence-electron chi connectivity index (χ3n) is 3.54. The molecule has 0 saturated carbocycles. The first-order valence-corrected chi connectivity index (χ1v) is 6.08. The number of hydrogen-bond acceptors (Lipinski definition) is 1. The Morgan fingerprint density at radius 1 is 1.17 bits per heavy atom. The Bertz CT molecular complexity index is 517. The van der Waals surface area contributed by atoms with Crippen LogP contribution in [0.2, 0.25) is 0 Å². The first-order valence-electron chi connectivity index (χ1n) is 6.08. The zero-order chi connectivity index (χ0) is 13.2. The van der Waals surface area contributed by atoms with Crippen molar-refractivity contribution in [2.24, 2.45) is 11.7 Å². The summed E-state index contributed by atoms with van der Waals surface area (Å²) in [6, 6.07) is 11.6. The Morgan fingerprint density at radius 3 is 2.28 bits per heavy atom. The van der Waals surface area contributed by atoms with E-state index >= 15 is 0 Å². The minimum Gasteiger partial charge on any atom is -0.369 e. The van der Waals surface area contributed by atoms with E-state index in [1.54, 1.807) is 0 Å². The lowest BCUT2D eigenvalue weighted by molar-refractivity contribution is -0.123. The molecule has 0 aliphatic carbocycles. The highest BCUT2D eigenvalue weighted by molar-refractivity contribution is 5.91. The SMILES string of the molecule is CC(C)C(C(N)=O)(c1ccccc1)c1cc[nH]c1. The molecule has 0 aliphatic heterocycles. The molecule has 0 radical (unpaired) electrons. The van der Waals surface area contributed by atoms with Crippen LogP contribution in [-0.2, 0) is 10.2 Å². The highest BCUT2D eigenvalue weighted by atomic mass is 16.1. The van der Waals surface area contributed by atoms with E-state index in [0.29, 0.717) is 0 Å². The van der Waals surface area contributed by atoms with E-state index in [9.17, 15) is 4.79 Å². The molecule has 2 aromatic rings. The molecule has 0 fully saturated rings. The first kappa shape index (κ1) is 12.4. The van der Waals surface area contributed by atoms with E-state index in [-0.39, 0.29) is 11.8 Å². The van der Waals surface area contributed by atoms with Gasteiger partial charge < -0.3 is 10.7 Å². The van der Waals surface area contributed by atoms with E-state index in [2.05, 4.69) is 4.98 Å². The third-order valence-corrected chi connectivity index (χ3v) is 3.54. The topological polar surface area (TPSA) is 58.9 Å². The van der Waals surface area contributed by atoms with Crippen molar-refractivity contribution in [2.45, 2.75) is 19.3 Å². The van der Waals surface area contributed by atoms with Crippen LogP contribution in [0.3, 0.4) is 0 Å². The lowest BCUT2D eigenvalue weighted by Gasteiger charge is -2.34. The summed E-state index contributed by atoms with van der Waals surface area (Å²) in [5.41, 5.74) is 6.82. The summed E-state index contributed by atoms with van der Waals surface area (Å²) in [7, 11) is 0. The number of carbonyl (C=O) groups is 1.